The number of nitrogens with zero attached hydrogens (tertiary/aromatic N) is 4. The van der Waals surface area contributed by atoms with Crippen LogP contribution in [0.5, 0.6) is 5.88 Å². The fourth-order valence-electron chi connectivity index (χ4n) is 2.93. The third kappa shape index (κ3) is 4.54. The highest BCUT2D eigenvalue weighted by Crippen LogP contribution is 2.20. The lowest BCUT2D eigenvalue weighted by Gasteiger charge is -2.31. The molecule has 0 amide bonds. The van der Waals surface area contributed by atoms with E-state index in [1.54, 1.807) is 6.20 Å². The number of likely N-dealkylation sites (tertiary alicyclic amines) is 1. The molecule has 0 bridgehead atoms. The molecule has 1 aliphatic rings. The van der Waals surface area contributed by atoms with Gasteiger partial charge < -0.3 is 9.26 Å². The van der Waals surface area contributed by atoms with Crippen molar-refractivity contribution in [3.05, 3.63) is 35.6 Å². The molecule has 1 aliphatic heterocycles. The highest BCUT2D eigenvalue weighted by Gasteiger charge is 2.23. The molecule has 0 N–H and O–H groups in total. The Morgan fingerprint density at radius 1 is 1.33 bits per heavy atom. The van der Waals surface area contributed by atoms with Crippen molar-refractivity contribution in [3.8, 4) is 5.88 Å². The molecule has 6 heteroatoms. The Morgan fingerprint density at radius 3 is 2.83 bits per heavy atom. The zero-order chi connectivity index (χ0) is 16.9. The molecule has 6 nitrogen and oxygen atoms in total. The summed E-state index contributed by atoms with van der Waals surface area (Å²) < 4.78 is 11.4. The maximum atomic E-state index is 6.04. The van der Waals surface area contributed by atoms with Gasteiger partial charge in [0.25, 0.3) is 0 Å². The van der Waals surface area contributed by atoms with E-state index in [4.69, 9.17) is 9.26 Å². The van der Waals surface area contributed by atoms with Crippen LogP contribution in [0.25, 0.3) is 0 Å². The molecular formula is C18H26N4O2. The highest BCUT2D eigenvalue weighted by atomic mass is 16.5. The molecule has 0 atom stereocenters. The maximum Gasteiger partial charge on any atom is 0.240 e. The van der Waals surface area contributed by atoms with Crippen molar-refractivity contribution < 1.29 is 9.26 Å². The van der Waals surface area contributed by atoms with Crippen molar-refractivity contribution in [1.29, 1.82) is 0 Å². The quantitative estimate of drug-likeness (QED) is 0.811. The minimum atomic E-state index is 0.231. The van der Waals surface area contributed by atoms with Crippen molar-refractivity contribution >= 4 is 0 Å². The SMILES string of the molecule is Cc1cccnc1OC1CCN(Cc2nc(CC(C)C)no2)CC1. The summed E-state index contributed by atoms with van der Waals surface area (Å²) in [6, 6.07) is 3.96. The number of aromatic nitrogens is 3. The van der Waals surface area contributed by atoms with Crippen LogP contribution >= 0.6 is 0 Å². The van der Waals surface area contributed by atoms with Crippen LogP contribution in [0.15, 0.2) is 22.9 Å². The molecule has 1 saturated heterocycles. The number of ether oxygens (including phenoxy) is 1. The van der Waals surface area contributed by atoms with Gasteiger partial charge in [-0.15, -0.1) is 0 Å². The van der Waals surface area contributed by atoms with Crippen molar-refractivity contribution in [2.24, 2.45) is 5.92 Å². The van der Waals surface area contributed by atoms with Gasteiger partial charge in [-0.2, -0.15) is 4.98 Å². The van der Waals surface area contributed by atoms with Gasteiger partial charge in [-0.25, -0.2) is 4.98 Å². The van der Waals surface area contributed by atoms with Crippen molar-refractivity contribution in [1.82, 2.24) is 20.0 Å². The predicted octanol–water partition coefficient (Wildman–Crippen LogP) is 3.01. The van der Waals surface area contributed by atoms with Crippen LogP contribution in [0, 0.1) is 12.8 Å². The smallest absolute Gasteiger partial charge is 0.240 e. The second-order valence-electron chi connectivity index (χ2n) is 6.92. The Bertz CT molecular complexity index is 648. The van der Waals surface area contributed by atoms with Crippen LogP contribution in [-0.2, 0) is 13.0 Å². The summed E-state index contributed by atoms with van der Waals surface area (Å²) in [6.45, 7) is 9.01. The lowest BCUT2D eigenvalue weighted by atomic mass is 10.1. The van der Waals surface area contributed by atoms with E-state index in [1.807, 2.05) is 19.1 Å². The minimum Gasteiger partial charge on any atom is -0.474 e. The standard InChI is InChI=1S/C18H26N4O2/c1-13(2)11-16-20-17(24-21-16)12-22-9-6-15(7-10-22)23-18-14(3)5-4-8-19-18/h4-5,8,13,15H,6-7,9-12H2,1-3H3. The first-order valence-electron chi connectivity index (χ1n) is 8.72. The minimum absolute atomic E-state index is 0.231. The summed E-state index contributed by atoms with van der Waals surface area (Å²) >= 11 is 0. The molecular weight excluding hydrogens is 304 g/mol. The number of piperidine rings is 1. The van der Waals surface area contributed by atoms with Gasteiger partial charge >= 0.3 is 0 Å². The van der Waals surface area contributed by atoms with E-state index in [0.717, 1.165) is 56.2 Å². The summed E-state index contributed by atoms with van der Waals surface area (Å²) in [5.74, 6) is 2.82. The Kier molecular flexibility index (Phi) is 5.45. The van der Waals surface area contributed by atoms with Crippen LogP contribution in [0.1, 0.15) is 44.0 Å². The van der Waals surface area contributed by atoms with Crippen LogP contribution in [0.3, 0.4) is 0 Å². The molecule has 2 aromatic rings. The molecule has 24 heavy (non-hydrogen) atoms. The molecule has 3 heterocycles. The predicted molar refractivity (Wildman–Crippen MR) is 90.7 cm³/mol. The number of hydrogen-bond acceptors (Lipinski definition) is 6. The summed E-state index contributed by atoms with van der Waals surface area (Å²) in [6.07, 6.45) is 4.85. The lowest BCUT2D eigenvalue weighted by Crippen LogP contribution is -2.38. The Balaban J connectivity index is 1.47. The largest absolute Gasteiger partial charge is 0.474 e. The molecule has 3 rings (SSSR count). The average molecular weight is 330 g/mol. The van der Waals surface area contributed by atoms with E-state index in [2.05, 4.69) is 33.9 Å². The summed E-state index contributed by atoms with van der Waals surface area (Å²) in [5, 5.41) is 4.06. The molecule has 2 aromatic heterocycles. The summed E-state index contributed by atoms with van der Waals surface area (Å²) in [7, 11) is 0. The molecule has 1 fully saturated rings. The number of rotatable bonds is 6. The fraction of sp³-hybridized carbons (Fsp3) is 0.611. The fourth-order valence-corrected chi connectivity index (χ4v) is 2.93. The molecule has 0 spiro atoms. The second kappa shape index (κ2) is 7.75. The van der Waals surface area contributed by atoms with E-state index in [0.29, 0.717) is 11.8 Å². The van der Waals surface area contributed by atoms with Gasteiger partial charge in [0.1, 0.15) is 6.10 Å². The van der Waals surface area contributed by atoms with Crippen LogP contribution in [-0.4, -0.2) is 39.2 Å². The Labute approximate surface area is 143 Å². The Morgan fingerprint density at radius 2 is 2.12 bits per heavy atom. The second-order valence-corrected chi connectivity index (χ2v) is 6.92. The van der Waals surface area contributed by atoms with E-state index in [9.17, 15) is 0 Å². The molecule has 0 unspecified atom stereocenters. The van der Waals surface area contributed by atoms with Crippen LogP contribution in [0.4, 0.5) is 0 Å². The summed E-state index contributed by atoms with van der Waals surface area (Å²) in [4.78, 5) is 11.1. The van der Waals surface area contributed by atoms with Gasteiger partial charge in [-0.3, -0.25) is 4.90 Å². The molecule has 0 aromatic carbocycles. The van der Waals surface area contributed by atoms with E-state index >= 15 is 0 Å². The molecule has 130 valence electrons. The number of pyridine rings is 1. The van der Waals surface area contributed by atoms with E-state index in [1.165, 1.54) is 0 Å². The third-order valence-corrected chi connectivity index (χ3v) is 4.23. The van der Waals surface area contributed by atoms with Gasteiger partial charge in [-0.05, 0) is 31.7 Å². The first-order valence-corrected chi connectivity index (χ1v) is 8.72. The molecule has 0 aliphatic carbocycles. The maximum absolute atomic E-state index is 6.04. The number of aryl methyl sites for hydroxylation is 1. The van der Waals surface area contributed by atoms with Crippen LogP contribution in [0.2, 0.25) is 0 Å². The molecule has 0 radical (unpaired) electrons. The first-order chi connectivity index (χ1) is 11.6. The topological polar surface area (TPSA) is 64.3 Å². The zero-order valence-corrected chi connectivity index (χ0v) is 14.7. The van der Waals surface area contributed by atoms with Gasteiger partial charge in [0.2, 0.25) is 11.8 Å². The van der Waals surface area contributed by atoms with Gasteiger partial charge in [0.15, 0.2) is 5.82 Å². The third-order valence-electron chi connectivity index (χ3n) is 4.23. The van der Waals surface area contributed by atoms with Crippen molar-refractivity contribution in [3.63, 3.8) is 0 Å². The first kappa shape index (κ1) is 16.9. The van der Waals surface area contributed by atoms with Gasteiger partial charge in [0, 0.05) is 31.3 Å². The monoisotopic (exact) mass is 330 g/mol. The van der Waals surface area contributed by atoms with E-state index < -0.39 is 0 Å². The molecule has 0 saturated carbocycles. The van der Waals surface area contributed by atoms with Crippen molar-refractivity contribution in [2.75, 3.05) is 13.1 Å². The summed E-state index contributed by atoms with van der Waals surface area (Å²) in [5.41, 5.74) is 1.09. The normalized spacial score (nSPS) is 16.7. The highest BCUT2D eigenvalue weighted by molar-refractivity contribution is 5.23. The van der Waals surface area contributed by atoms with E-state index in [-0.39, 0.29) is 6.10 Å². The Hall–Kier alpha value is -1.95. The van der Waals surface area contributed by atoms with Gasteiger partial charge in [0.05, 0.1) is 6.54 Å². The van der Waals surface area contributed by atoms with Crippen LogP contribution < -0.4 is 4.74 Å². The lowest BCUT2D eigenvalue weighted by molar-refractivity contribution is 0.0866. The van der Waals surface area contributed by atoms with Gasteiger partial charge in [-0.1, -0.05) is 25.1 Å². The zero-order valence-electron chi connectivity index (χ0n) is 14.7. The average Bonchev–Trinajstić information content (AvgIpc) is 2.98. The van der Waals surface area contributed by atoms with Crippen molar-refractivity contribution in [2.45, 2.75) is 52.7 Å². The number of hydrogen-bond donors (Lipinski definition) is 0.